The zero-order valence-electron chi connectivity index (χ0n) is 19.1. The molecule has 10 heteroatoms. The van der Waals surface area contributed by atoms with Gasteiger partial charge in [0.1, 0.15) is 11.9 Å². The minimum atomic E-state index is -0.882. The fourth-order valence-corrected chi connectivity index (χ4v) is 4.34. The topological polar surface area (TPSA) is 78.9 Å². The van der Waals surface area contributed by atoms with Crippen LogP contribution < -0.4 is 10.2 Å². The fourth-order valence-electron chi connectivity index (χ4n) is 3.82. The normalized spacial score (nSPS) is 15.2. The highest BCUT2D eigenvalue weighted by Gasteiger charge is 2.44. The Bertz CT molecular complexity index is 1300. The van der Waals surface area contributed by atoms with Crippen molar-refractivity contribution in [2.45, 2.75) is 19.0 Å². The van der Waals surface area contributed by atoms with Crippen molar-refractivity contribution in [1.29, 1.82) is 0 Å². The van der Waals surface area contributed by atoms with Crippen LogP contribution in [-0.4, -0.2) is 40.9 Å². The highest BCUT2D eigenvalue weighted by molar-refractivity contribution is 7.80. The lowest BCUT2D eigenvalue weighted by atomic mass is 10.1. The first kappa shape index (κ1) is 25.3. The number of anilines is 2. The average molecular weight is 526 g/mol. The summed E-state index contributed by atoms with van der Waals surface area (Å²) in [6, 6.07) is 17.8. The summed E-state index contributed by atoms with van der Waals surface area (Å²) in [6.45, 7) is 0.269. The predicted molar refractivity (Wildman–Crippen MR) is 138 cm³/mol. The number of nitrogens with one attached hydrogen (secondary N) is 1. The van der Waals surface area contributed by atoms with Crippen LogP contribution in [0.3, 0.4) is 0 Å². The second-order valence-corrected chi connectivity index (χ2v) is 8.83. The largest absolute Gasteiger partial charge is 0.465 e. The first-order valence-electron chi connectivity index (χ1n) is 10.9. The van der Waals surface area contributed by atoms with Gasteiger partial charge in [-0.05, 0) is 78.4 Å². The monoisotopic (exact) mass is 525 g/mol. The van der Waals surface area contributed by atoms with Crippen LogP contribution in [0.25, 0.3) is 0 Å². The molecule has 3 aromatic carbocycles. The summed E-state index contributed by atoms with van der Waals surface area (Å²) >= 11 is 11.6. The van der Waals surface area contributed by atoms with Crippen molar-refractivity contribution in [2.75, 3.05) is 17.3 Å². The smallest absolute Gasteiger partial charge is 0.337 e. The Morgan fingerprint density at radius 1 is 1.03 bits per heavy atom. The van der Waals surface area contributed by atoms with Gasteiger partial charge >= 0.3 is 5.97 Å². The molecule has 184 valence electrons. The lowest BCUT2D eigenvalue weighted by Gasteiger charge is -2.24. The molecular formula is C26H21ClFN3O4S. The number of rotatable bonds is 7. The highest BCUT2D eigenvalue weighted by Crippen LogP contribution is 2.29. The van der Waals surface area contributed by atoms with Crippen molar-refractivity contribution in [1.82, 2.24) is 4.90 Å². The molecule has 0 unspecified atom stereocenters. The molecule has 0 aromatic heterocycles. The van der Waals surface area contributed by atoms with E-state index in [9.17, 15) is 18.8 Å². The number of benzene rings is 3. The molecule has 1 fully saturated rings. The molecule has 0 aliphatic carbocycles. The van der Waals surface area contributed by atoms with Crippen molar-refractivity contribution in [3.63, 3.8) is 0 Å². The second kappa shape index (κ2) is 10.8. The molecule has 1 aliphatic rings. The van der Waals surface area contributed by atoms with E-state index in [4.69, 9.17) is 23.8 Å². The van der Waals surface area contributed by atoms with Crippen molar-refractivity contribution in [3.8, 4) is 0 Å². The van der Waals surface area contributed by atoms with Crippen LogP contribution >= 0.6 is 23.8 Å². The molecule has 0 spiro atoms. The summed E-state index contributed by atoms with van der Waals surface area (Å²) in [6.07, 6.45) is -0.178. The molecular weight excluding hydrogens is 505 g/mol. The van der Waals surface area contributed by atoms with E-state index in [1.807, 2.05) is 12.1 Å². The van der Waals surface area contributed by atoms with Gasteiger partial charge in [0.15, 0.2) is 5.11 Å². The van der Waals surface area contributed by atoms with E-state index >= 15 is 0 Å². The minimum absolute atomic E-state index is 0.178. The summed E-state index contributed by atoms with van der Waals surface area (Å²) in [5.74, 6) is -1.74. The van der Waals surface area contributed by atoms with Crippen LogP contribution in [0.15, 0.2) is 72.8 Å². The van der Waals surface area contributed by atoms with E-state index in [2.05, 4.69) is 10.1 Å². The van der Waals surface area contributed by atoms with Gasteiger partial charge in [-0.15, -0.1) is 0 Å². The summed E-state index contributed by atoms with van der Waals surface area (Å²) in [4.78, 5) is 41.0. The van der Waals surface area contributed by atoms with Gasteiger partial charge in [0.2, 0.25) is 5.91 Å². The Balaban J connectivity index is 1.56. The molecule has 36 heavy (non-hydrogen) atoms. The summed E-state index contributed by atoms with van der Waals surface area (Å²) in [7, 11) is 1.28. The molecule has 1 heterocycles. The van der Waals surface area contributed by atoms with E-state index in [0.717, 1.165) is 5.56 Å². The van der Waals surface area contributed by atoms with Gasteiger partial charge in [-0.2, -0.15) is 0 Å². The molecule has 4 rings (SSSR count). The number of esters is 1. The number of carbonyl (C=O) groups excluding carboxylic acids is 3. The maximum absolute atomic E-state index is 13.5. The first-order chi connectivity index (χ1) is 17.3. The van der Waals surface area contributed by atoms with Crippen molar-refractivity contribution < 1.29 is 23.5 Å². The quantitative estimate of drug-likeness (QED) is 0.353. The van der Waals surface area contributed by atoms with Gasteiger partial charge in [0.05, 0.1) is 24.8 Å². The zero-order chi connectivity index (χ0) is 25.8. The first-order valence-corrected chi connectivity index (χ1v) is 11.7. The van der Waals surface area contributed by atoms with Gasteiger partial charge in [-0.25, -0.2) is 9.18 Å². The van der Waals surface area contributed by atoms with E-state index in [-0.39, 0.29) is 18.1 Å². The van der Waals surface area contributed by atoms with E-state index < -0.39 is 29.6 Å². The molecule has 0 bridgehead atoms. The number of methoxy groups -OCH3 is 1. The van der Waals surface area contributed by atoms with E-state index in [1.54, 1.807) is 29.2 Å². The number of thiocarbonyl (C=S) groups is 1. The summed E-state index contributed by atoms with van der Waals surface area (Å²) in [5, 5.41) is 3.52. The molecule has 2 amide bonds. The Labute approximate surface area is 217 Å². The van der Waals surface area contributed by atoms with Crippen molar-refractivity contribution in [3.05, 3.63) is 94.8 Å². The van der Waals surface area contributed by atoms with Crippen LogP contribution in [0.1, 0.15) is 22.3 Å². The van der Waals surface area contributed by atoms with Crippen LogP contribution in [0, 0.1) is 5.82 Å². The van der Waals surface area contributed by atoms with Crippen LogP contribution in [0.4, 0.5) is 15.8 Å². The Hall–Kier alpha value is -3.82. The molecule has 1 saturated heterocycles. The third kappa shape index (κ3) is 5.53. The molecule has 3 aromatic rings. The van der Waals surface area contributed by atoms with Gasteiger partial charge in [-0.1, -0.05) is 23.7 Å². The zero-order valence-corrected chi connectivity index (χ0v) is 20.7. The number of amides is 2. The summed E-state index contributed by atoms with van der Waals surface area (Å²) in [5.41, 5.74) is 2.06. The van der Waals surface area contributed by atoms with E-state index in [1.165, 1.54) is 48.4 Å². The average Bonchev–Trinajstić information content (AvgIpc) is 3.09. The predicted octanol–water partition coefficient (Wildman–Crippen LogP) is 4.80. The lowest BCUT2D eigenvalue weighted by molar-refractivity contribution is -0.124. The third-order valence-electron chi connectivity index (χ3n) is 5.64. The molecule has 0 saturated carbocycles. The van der Waals surface area contributed by atoms with Crippen LogP contribution in [0.2, 0.25) is 5.02 Å². The SMILES string of the molecule is COC(=O)c1ccc(NC(=O)C[C@@H]2C(=O)N(c3ccc(F)cc3)C(=S)N2Cc2ccc(Cl)cc2)cc1. The van der Waals surface area contributed by atoms with Gasteiger partial charge in [0, 0.05) is 17.3 Å². The van der Waals surface area contributed by atoms with E-state index in [0.29, 0.717) is 22.0 Å². The van der Waals surface area contributed by atoms with Gasteiger partial charge < -0.3 is 15.0 Å². The standard InChI is InChI=1S/C26H21ClFN3O4S/c1-35-25(34)17-4-10-20(11-5-17)29-23(32)14-22-24(33)31(21-12-8-19(28)9-13-21)26(36)30(22)15-16-2-6-18(27)7-3-16/h2-13,22H,14-15H2,1H3,(H,29,32)/t22-/m1/s1. The number of hydrogen-bond acceptors (Lipinski definition) is 5. The Kier molecular flexibility index (Phi) is 7.61. The lowest BCUT2D eigenvalue weighted by Crippen LogP contribution is -2.37. The molecule has 1 aliphatic heterocycles. The Morgan fingerprint density at radius 3 is 2.28 bits per heavy atom. The number of halogens is 2. The minimum Gasteiger partial charge on any atom is -0.465 e. The molecule has 1 N–H and O–H groups in total. The van der Waals surface area contributed by atoms with Crippen LogP contribution in [-0.2, 0) is 20.9 Å². The number of hydrogen-bond donors (Lipinski definition) is 1. The fraction of sp³-hybridized carbons (Fsp3) is 0.154. The van der Waals surface area contributed by atoms with Gasteiger partial charge in [0.25, 0.3) is 5.91 Å². The molecule has 7 nitrogen and oxygen atoms in total. The number of ether oxygens (including phenoxy) is 1. The summed E-state index contributed by atoms with van der Waals surface area (Å²) < 4.78 is 18.1. The number of carbonyl (C=O) groups is 3. The van der Waals surface area contributed by atoms with Gasteiger partial charge in [-0.3, -0.25) is 14.5 Å². The third-order valence-corrected chi connectivity index (χ3v) is 6.31. The highest BCUT2D eigenvalue weighted by atomic mass is 35.5. The molecule has 1 atom stereocenters. The Morgan fingerprint density at radius 2 is 1.67 bits per heavy atom. The number of nitrogens with zero attached hydrogens (tertiary/aromatic N) is 2. The second-order valence-electron chi connectivity index (χ2n) is 8.02. The molecule has 0 radical (unpaired) electrons. The van der Waals surface area contributed by atoms with Crippen molar-refractivity contribution in [2.24, 2.45) is 0 Å². The maximum Gasteiger partial charge on any atom is 0.337 e. The van der Waals surface area contributed by atoms with Crippen molar-refractivity contribution >= 4 is 58.1 Å². The maximum atomic E-state index is 13.5. The van der Waals surface area contributed by atoms with Crippen LogP contribution in [0.5, 0.6) is 0 Å².